The van der Waals surface area contributed by atoms with Gasteiger partial charge in [0.1, 0.15) is 11.6 Å². The number of carbonyl (C=O) groups is 1. The van der Waals surface area contributed by atoms with Gasteiger partial charge in [-0.1, -0.05) is 23.7 Å². The van der Waals surface area contributed by atoms with E-state index in [9.17, 15) is 22.4 Å². The molecule has 0 spiro atoms. The fourth-order valence-electron chi connectivity index (χ4n) is 2.25. The minimum atomic E-state index is -4.74. The van der Waals surface area contributed by atoms with Crippen LogP contribution >= 0.6 is 11.6 Å². The molecule has 27 heavy (non-hydrogen) atoms. The Morgan fingerprint density at radius 2 is 1.85 bits per heavy atom. The number of rotatable bonds is 6. The fourth-order valence-corrected chi connectivity index (χ4v) is 2.46. The topological polar surface area (TPSA) is 41.6 Å². The van der Waals surface area contributed by atoms with Crippen molar-refractivity contribution in [2.75, 3.05) is 12.4 Å². The van der Waals surface area contributed by atoms with Crippen molar-refractivity contribution in [1.29, 1.82) is 0 Å². The molecular formula is C18H17ClF4N2O2. The van der Waals surface area contributed by atoms with Crippen molar-refractivity contribution in [3.8, 4) is 5.75 Å². The summed E-state index contributed by atoms with van der Waals surface area (Å²) in [5.41, 5.74) is 0.989. The second-order valence-corrected chi connectivity index (χ2v) is 6.30. The van der Waals surface area contributed by atoms with Gasteiger partial charge in [0.2, 0.25) is 5.91 Å². The molecule has 1 amide bonds. The van der Waals surface area contributed by atoms with Crippen LogP contribution in [0.1, 0.15) is 12.5 Å². The Labute approximate surface area is 158 Å². The molecule has 0 saturated carbocycles. The van der Waals surface area contributed by atoms with Crippen molar-refractivity contribution in [1.82, 2.24) is 4.90 Å². The van der Waals surface area contributed by atoms with Crippen LogP contribution in [0.15, 0.2) is 42.5 Å². The van der Waals surface area contributed by atoms with Crippen molar-refractivity contribution in [3.05, 3.63) is 58.9 Å². The van der Waals surface area contributed by atoms with E-state index < -0.39 is 18.2 Å². The summed E-state index contributed by atoms with van der Waals surface area (Å²) in [7, 11) is 1.69. The van der Waals surface area contributed by atoms with E-state index in [0.717, 1.165) is 6.07 Å². The quantitative estimate of drug-likeness (QED) is 0.701. The molecule has 2 rings (SSSR count). The molecule has 0 aliphatic carbocycles. The lowest BCUT2D eigenvalue weighted by Gasteiger charge is -2.24. The second kappa shape index (κ2) is 8.58. The monoisotopic (exact) mass is 404 g/mol. The van der Waals surface area contributed by atoms with Crippen LogP contribution < -0.4 is 10.1 Å². The number of carbonyl (C=O) groups excluding carboxylic acids is 1. The third-order valence-electron chi connectivity index (χ3n) is 3.82. The summed E-state index contributed by atoms with van der Waals surface area (Å²) in [6.07, 6.45) is -4.74. The normalized spacial score (nSPS) is 12.7. The SMILES string of the molecule is CC(C(=O)Nc1ccc(F)cc1Cl)N(C)Cc1ccc(OC(F)(F)F)cc1. The maximum Gasteiger partial charge on any atom is 0.573 e. The van der Waals surface area contributed by atoms with E-state index in [1.54, 1.807) is 18.9 Å². The molecule has 2 aromatic carbocycles. The molecule has 9 heteroatoms. The number of amides is 1. The summed E-state index contributed by atoms with van der Waals surface area (Å²) in [6.45, 7) is 1.98. The van der Waals surface area contributed by atoms with Crippen LogP contribution in [0.4, 0.5) is 23.2 Å². The number of halogens is 5. The standard InChI is InChI=1S/C18H17ClF4N2O2/c1-11(17(26)24-16-8-5-13(20)9-15(16)19)25(2)10-12-3-6-14(7-4-12)27-18(21,22)23/h3-9,11H,10H2,1-2H3,(H,24,26). The van der Waals surface area contributed by atoms with Gasteiger partial charge in [0.25, 0.3) is 0 Å². The highest BCUT2D eigenvalue weighted by molar-refractivity contribution is 6.33. The molecule has 0 heterocycles. The Bertz CT molecular complexity index is 797. The minimum absolute atomic E-state index is 0.0819. The third-order valence-corrected chi connectivity index (χ3v) is 4.13. The first-order chi connectivity index (χ1) is 12.5. The number of benzene rings is 2. The number of likely N-dealkylation sites (N-methyl/N-ethyl adjacent to an activating group) is 1. The zero-order valence-electron chi connectivity index (χ0n) is 14.5. The van der Waals surface area contributed by atoms with Crippen molar-refractivity contribution in [3.63, 3.8) is 0 Å². The molecule has 0 fully saturated rings. The zero-order valence-corrected chi connectivity index (χ0v) is 15.2. The lowest BCUT2D eigenvalue weighted by Crippen LogP contribution is -2.39. The van der Waals surface area contributed by atoms with Gasteiger partial charge in [0.05, 0.1) is 16.8 Å². The first kappa shape index (κ1) is 21.0. The number of nitrogens with zero attached hydrogens (tertiary/aromatic N) is 1. The highest BCUT2D eigenvalue weighted by atomic mass is 35.5. The lowest BCUT2D eigenvalue weighted by molar-refractivity contribution is -0.274. The van der Waals surface area contributed by atoms with Gasteiger partial charge in [0.15, 0.2) is 0 Å². The van der Waals surface area contributed by atoms with Gasteiger partial charge in [-0.25, -0.2) is 4.39 Å². The van der Waals surface area contributed by atoms with Gasteiger partial charge in [-0.05, 0) is 49.9 Å². The van der Waals surface area contributed by atoms with E-state index >= 15 is 0 Å². The van der Waals surface area contributed by atoms with Crippen molar-refractivity contribution < 1.29 is 27.1 Å². The van der Waals surface area contributed by atoms with E-state index in [1.807, 2.05) is 0 Å². The van der Waals surface area contributed by atoms with Gasteiger partial charge in [-0.3, -0.25) is 9.69 Å². The number of hydrogen-bond acceptors (Lipinski definition) is 3. The Morgan fingerprint density at radius 3 is 2.41 bits per heavy atom. The Balaban J connectivity index is 1.96. The first-order valence-electron chi connectivity index (χ1n) is 7.86. The summed E-state index contributed by atoms with van der Waals surface area (Å²) < 4.78 is 53.4. The fraction of sp³-hybridized carbons (Fsp3) is 0.278. The molecule has 1 atom stereocenters. The van der Waals surface area contributed by atoms with Crippen molar-refractivity contribution in [2.24, 2.45) is 0 Å². The Hall–Kier alpha value is -2.32. The first-order valence-corrected chi connectivity index (χ1v) is 8.24. The molecule has 0 saturated heterocycles. The molecule has 0 bridgehead atoms. The molecule has 0 aromatic heterocycles. The van der Waals surface area contributed by atoms with Crippen molar-refractivity contribution >= 4 is 23.2 Å². The number of anilines is 1. The van der Waals surface area contributed by atoms with E-state index in [-0.39, 0.29) is 22.4 Å². The van der Waals surface area contributed by atoms with Crippen LogP contribution in [0.3, 0.4) is 0 Å². The maximum atomic E-state index is 13.1. The van der Waals surface area contributed by atoms with Gasteiger partial charge in [0, 0.05) is 6.54 Å². The average Bonchev–Trinajstić information content (AvgIpc) is 2.57. The Kier molecular flexibility index (Phi) is 6.67. The van der Waals surface area contributed by atoms with E-state index in [2.05, 4.69) is 10.1 Å². The summed E-state index contributed by atoms with van der Waals surface area (Å²) >= 11 is 5.89. The highest BCUT2D eigenvalue weighted by Crippen LogP contribution is 2.24. The predicted molar refractivity (Wildman–Crippen MR) is 94.1 cm³/mol. The number of alkyl halides is 3. The molecule has 2 aromatic rings. The number of nitrogens with one attached hydrogen (secondary N) is 1. The van der Waals surface area contributed by atoms with Gasteiger partial charge in [-0.2, -0.15) is 0 Å². The largest absolute Gasteiger partial charge is 0.573 e. The second-order valence-electron chi connectivity index (χ2n) is 5.90. The average molecular weight is 405 g/mol. The van der Waals surface area contributed by atoms with Gasteiger partial charge in [-0.15, -0.1) is 13.2 Å². The smallest absolute Gasteiger partial charge is 0.406 e. The van der Waals surface area contributed by atoms with Crippen LogP contribution in [0.5, 0.6) is 5.75 Å². The Morgan fingerprint density at radius 1 is 1.22 bits per heavy atom. The third kappa shape index (κ3) is 6.41. The van der Waals surface area contributed by atoms with Crippen LogP contribution in [-0.2, 0) is 11.3 Å². The molecule has 0 radical (unpaired) electrons. The molecule has 1 unspecified atom stereocenters. The minimum Gasteiger partial charge on any atom is -0.406 e. The van der Waals surface area contributed by atoms with Crippen LogP contribution in [-0.4, -0.2) is 30.3 Å². The summed E-state index contributed by atoms with van der Waals surface area (Å²) in [4.78, 5) is 14.0. The zero-order chi connectivity index (χ0) is 20.2. The van der Waals surface area contributed by atoms with Crippen LogP contribution in [0, 0.1) is 5.82 Å². The summed E-state index contributed by atoms with van der Waals surface area (Å²) in [5.74, 6) is -1.19. The molecule has 1 N–H and O–H groups in total. The number of hydrogen-bond donors (Lipinski definition) is 1. The molecule has 0 aliphatic rings. The lowest BCUT2D eigenvalue weighted by atomic mass is 10.1. The van der Waals surface area contributed by atoms with E-state index in [0.29, 0.717) is 12.1 Å². The van der Waals surface area contributed by atoms with E-state index in [4.69, 9.17) is 11.6 Å². The van der Waals surface area contributed by atoms with E-state index in [1.165, 1.54) is 36.4 Å². The molecule has 146 valence electrons. The maximum absolute atomic E-state index is 13.1. The number of ether oxygens (including phenoxy) is 1. The van der Waals surface area contributed by atoms with Crippen molar-refractivity contribution in [2.45, 2.75) is 25.9 Å². The van der Waals surface area contributed by atoms with Gasteiger partial charge < -0.3 is 10.1 Å². The highest BCUT2D eigenvalue weighted by Gasteiger charge is 2.31. The summed E-state index contributed by atoms with van der Waals surface area (Å²) in [6, 6.07) is 8.45. The van der Waals surface area contributed by atoms with Crippen LogP contribution in [0.25, 0.3) is 0 Å². The molecule has 0 aliphatic heterocycles. The summed E-state index contributed by atoms with van der Waals surface area (Å²) in [5, 5.41) is 2.70. The molecule has 4 nitrogen and oxygen atoms in total. The molecular weight excluding hydrogens is 388 g/mol. The van der Waals surface area contributed by atoms with Crippen LogP contribution in [0.2, 0.25) is 5.02 Å². The predicted octanol–water partition coefficient (Wildman–Crippen LogP) is 4.84. The van der Waals surface area contributed by atoms with Gasteiger partial charge >= 0.3 is 6.36 Å².